The van der Waals surface area contributed by atoms with Gasteiger partial charge in [0.25, 0.3) is 0 Å². The Hall–Kier alpha value is -0.560. The Labute approximate surface area is 93.9 Å². The van der Waals surface area contributed by atoms with Crippen LogP contribution in [0, 0.1) is 16.7 Å². The van der Waals surface area contributed by atoms with Gasteiger partial charge in [0.15, 0.2) is 0 Å². The molecule has 1 aliphatic carbocycles. The molecule has 0 aromatic heterocycles. The van der Waals surface area contributed by atoms with Crippen LogP contribution in [-0.2, 0) is 0 Å². The van der Waals surface area contributed by atoms with Gasteiger partial charge in [-0.15, -0.1) is 0 Å². The number of aliphatic hydroxyl groups is 1. The van der Waals surface area contributed by atoms with Crippen LogP contribution in [0.1, 0.15) is 41.5 Å². The Bertz CT molecular complexity index is 283. The van der Waals surface area contributed by atoms with E-state index in [-0.39, 0.29) is 22.9 Å². The Balaban J connectivity index is 2.99. The molecule has 0 aliphatic heterocycles. The minimum absolute atomic E-state index is 0.0493. The average molecular weight is 208 g/mol. The standard InChI is InChI=1S/C14H24O/c1-13(2,3)10-8-7-9-11(12(10)15)14(4,5)6/h7-10,12,15H,1-6H3. The van der Waals surface area contributed by atoms with Gasteiger partial charge in [0.05, 0.1) is 6.10 Å². The number of hydrogen-bond acceptors (Lipinski definition) is 1. The van der Waals surface area contributed by atoms with Gasteiger partial charge in [-0.1, -0.05) is 59.8 Å². The predicted molar refractivity (Wildman–Crippen MR) is 65.6 cm³/mol. The fourth-order valence-corrected chi connectivity index (χ4v) is 2.13. The number of allylic oxidation sites excluding steroid dienone is 2. The van der Waals surface area contributed by atoms with Crippen LogP contribution >= 0.6 is 0 Å². The molecule has 1 nitrogen and oxygen atoms in total. The molecule has 0 fully saturated rings. The van der Waals surface area contributed by atoms with Crippen LogP contribution in [0.2, 0.25) is 0 Å². The summed E-state index contributed by atoms with van der Waals surface area (Å²) < 4.78 is 0. The van der Waals surface area contributed by atoms with E-state index in [9.17, 15) is 5.11 Å². The third-order valence-corrected chi connectivity index (χ3v) is 3.12. The van der Waals surface area contributed by atoms with Gasteiger partial charge < -0.3 is 5.11 Å². The first kappa shape index (κ1) is 12.5. The molecule has 0 saturated heterocycles. The van der Waals surface area contributed by atoms with Gasteiger partial charge in [-0.2, -0.15) is 0 Å². The van der Waals surface area contributed by atoms with Crippen molar-refractivity contribution in [1.82, 2.24) is 0 Å². The highest BCUT2D eigenvalue weighted by molar-refractivity contribution is 5.29. The van der Waals surface area contributed by atoms with Crippen LogP contribution in [0.15, 0.2) is 23.8 Å². The summed E-state index contributed by atoms with van der Waals surface area (Å²) >= 11 is 0. The van der Waals surface area contributed by atoms with E-state index >= 15 is 0 Å². The second-order valence-corrected chi connectivity index (χ2v) is 6.59. The topological polar surface area (TPSA) is 20.2 Å². The number of rotatable bonds is 0. The van der Waals surface area contributed by atoms with Crippen LogP contribution in [-0.4, -0.2) is 11.2 Å². The van der Waals surface area contributed by atoms with Crippen LogP contribution in [0.4, 0.5) is 0 Å². The van der Waals surface area contributed by atoms with E-state index in [2.05, 4.69) is 59.8 Å². The summed E-state index contributed by atoms with van der Waals surface area (Å²) in [6.07, 6.45) is 5.94. The molecule has 1 aliphatic rings. The van der Waals surface area contributed by atoms with Crippen molar-refractivity contribution in [2.24, 2.45) is 16.7 Å². The van der Waals surface area contributed by atoms with Crippen molar-refractivity contribution >= 4 is 0 Å². The summed E-state index contributed by atoms with van der Waals surface area (Å²) in [4.78, 5) is 0. The van der Waals surface area contributed by atoms with Gasteiger partial charge in [-0.3, -0.25) is 0 Å². The van der Waals surface area contributed by atoms with Gasteiger partial charge >= 0.3 is 0 Å². The van der Waals surface area contributed by atoms with E-state index in [1.165, 1.54) is 0 Å². The first-order valence-electron chi connectivity index (χ1n) is 5.71. The van der Waals surface area contributed by atoms with E-state index in [1.54, 1.807) is 0 Å². The van der Waals surface area contributed by atoms with Crippen molar-refractivity contribution in [1.29, 1.82) is 0 Å². The molecule has 2 atom stereocenters. The summed E-state index contributed by atoms with van der Waals surface area (Å²) in [5.41, 5.74) is 1.30. The zero-order valence-electron chi connectivity index (χ0n) is 10.8. The maximum atomic E-state index is 10.4. The summed E-state index contributed by atoms with van der Waals surface area (Å²) in [6, 6.07) is 0. The van der Waals surface area contributed by atoms with Crippen LogP contribution in [0.3, 0.4) is 0 Å². The Kier molecular flexibility index (Phi) is 3.16. The van der Waals surface area contributed by atoms with Gasteiger partial charge in [-0.25, -0.2) is 0 Å². The third-order valence-electron chi connectivity index (χ3n) is 3.12. The summed E-state index contributed by atoms with van der Waals surface area (Å²) in [7, 11) is 0. The smallest absolute Gasteiger partial charge is 0.0825 e. The molecule has 1 heteroatoms. The molecule has 0 saturated carbocycles. The van der Waals surface area contributed by atoms with E-state index in [0.29, 0.717) is 0 Å². The Morgan fingerprint density at radius 3 is 2.00 bits per heavy atom. The monoisotopic (exact) mass is 208 g/mol. The normalized spacial score (nSPS) is 27.8. The highest BCUT2D eigenvalue weighted by Crippen LogP contribution is 2.40. The molecule has 0 bridgehead atoms. The lowest BCUT2D eigenvalue weighted by molar-refractivity contribution is 0.0827. The first-order chi connectivity index (χ1) is 6.64. The zero-order chi connectivity index (χ0) is 11.9. The minimum atomic E-state index is -0.338. The van der Waals surface area contributed by atoms with Crippen molar-refractivity contribution in [3.8, 4) is 0 Å². The predicted octanol–water partition coefficient (Wildman–Crippen LogP) is 3.55. The second kappa shape index (κ2) is 3.79. The summed E-state index contributed by atoms with van der Waals surface area (Å²) in [6.45, 7) is 13.0. The Morgan fingerprint density at radius 2 is 1.60 bits per heavy atom. The maximum absolute atomic E-state index is 10.4. The van der Waals surface area contributed by atoms with Crippen molar-refractivity contribution < 1.29 is 5.11 Å². The fourth-order valence-electron chi connectivity index (χ4n) is 2.13. The molecule has 0 aromatic carbocycles. The molecular weight excluding hydrogens is 184 g/mol. The van der Waals surface area contributed by atoms with E-state index < -0.39 is 0 Å². The average Bonchev–Trinajstić information content (AvgIpc) is 1.99. The van der Waals surface area contributed by atoms with Gasteiger partial charge in [0.2, 0.25) is 0 Å². The zero-order valence-corrected chi connectivity index (χ0v) is 10.8. The quantitative estimate of drug-likeness (QED) is 0.645. The maximum Gasteiger partial charge on any atom is 0.0825 e. The SMILES string of the molecule is CC(C)(C)C1=CC=CC(C(C)(C)C)C1O. The number of hydrogen-bond donors (Lipinski definition) is 1. The molecule has 0 heterocycles. The van der Waals surface area contributed by atoms with E-state index in [1.807, 2.05) is 0 Å². The van der Waals surface area contributed by atoms with Crippen molar-refractivity contribution in [2.45, 2.75) is 47.6 Å². The number of aliphatic hydroxyl groups excluding tert-OH is 1. The molecule has 15 heavy (non-hydrogen) atoms. The van der Waals surface area contributed by atoms with Gasteiger partial charge in [0, 0.05) is 5.92 Å². The summed E-state index contributed by atoms with van der Waals surface area (Å²) in [5, 5.41) is 10.4. The van der Waals surface area contributed by atoms with Crippen molar-refractivity contribution in [2.75, 3.05) is 0 Å². The van der Waals surface area contributed by atoms with Crippen LogP contribution < -0.4 is 0 Å². The molecular formula is C14H24O. The Morgan fingerprint density at radius 1 is 1.07 bits per heavy atom. The molecule has 0 spiro atoms. The molecule has 1 N–H and O–H groups in total. The second-order valence-electron chi connectivity index (χ2n) is 6.59. The summed E-state index contributed by atoms with van der Waals surface area (Å²) in [5.74, 6) is 0.219. The molecule has 0 radical (unpaired) electrons. The fraction of sp³-hybridized carbons (Fsp3) is 0.714. The highest BCUT2D eigenvalue weighted by Gasteiger charge is 2.36. The van der Waals surface area contributed by atoms with Gasteiger partial charge in [-0.05, 0) is 16.4 Å². The van der Waals surface area contributed by atoms with Crippen molar-refractivity contribution in [3.05, 3.63) is 23.8 Å². The molecule has 1 rings (SSSR count). The lowest BCUT2D eigenvalue weighted by Crippen LogP contribution is -2.37. The van der Waals surface area contributed by atoms with Crippen LogP contribution in [0.5, 0.6) is 0 Å². The lowest BCUT2D eigenvalue weighted by Gasteiger charge is -2.39. The highest BCUT2D eigenvalue weighted by atomic mass is 16.3. The minimum Gasteiger partial charge on any atom is -0.388 e. The molecule has 2 unspecified atom stereocenters. The van der Waals surface area contributed by atoms with Crippen molar-refractivity contribution in [3.63, 3.8) is 0 Å². The third kappa shape index (κ3) is 2.72. The van der Waals surface area contributed by atoms with Gasteiger partial charge in [0.1, 0.15) is 0 Å². The van der Waals surface area contributed by atoms with E-state index in [4.69, 9.17) is 0 Å². The first-order valence-corrected chi connectivity index (χ1v) is 5.71. The van der Waals surface area contributed by atoms with E-state index in [0.717, 1.165) is 5.57 Å². The largest absolute Gasteiger partial charge is 0.388 e. The lowest BCUT2D eigenvalue weighted by atomic mass is 9.68. The molecule has 0 aromatic rings. The molecule has 0 amide bonds. The van der Waals surface area contributed by atoms with Crippen LogP contribution in [0.25, 0.3) is 0 Å². The molecule has 86 valence electrons.